The average molecular weight is 219 g/mol. The molecular formula is C8H7F2NO2S. The van der Waals surface area contributed by atoms with Gasteiger partial charge >= 0.3 is 10.2 Å². The fraction of sp³-hybridized carbons (Fsp3) is 0.125. The number of aliphatic imine (C=N–C) groups is 1. The van der Waals surface area contributed by atoms with Gasteiger partial charge in [-0.15, -0.1) is 3.89 Å². The van der Waals surface area contributed by atoms with E-state index in [0.717, 1.165) is 6.21 Å². The third-order valence-corrected chi connectivity index (χ3v) is 1.89. The van der Waals surface area contributed by atoms with Crippen molar-refractivity contribution in [2.24, 2.45) is 4.99 Å². The molecule has 1 aromatic carbocycles. The van der Waals surface area contributed by atoms with Gasteiger partial charge in [0.05, 0.1) is 5.69 Å². The molecule has 0 aromatic heterocycles. The highest BCUT2D eigenvalue weighted by atomic mass is 32.3. The predicted molar refractivity (Wildman–Crippen MR) is 49.4 cm³/mol. The first-order chi connectivity index (χ1) is 6.47. The summed E-state index contributed by atoms with van der Waals surface area (Å²) in [5, 5.41) is 0. The Hall–Kier alpha value is -1.30. The van der Waals surface area contributed by atoms with Crippen LogP contribution in [-0.2, 0) is 10.2 Å². The third-order valence-electron chi connectivity index (χ3n) is 1.34. The van der Waals surface area contributed by atoms with Crippen molar-refractivity contribution in [1.29, 1.82) is 0 Å². The highest BCUT2D eigenvalue weighted by molar-refractivity contribution is 7.87. The summed E-state index contributed by atoms with van der Waals surface area (Å²) in [6, 6.07) is 5.07. The second-order valence-electron chi connectivity index (χ2n) is 2.49. The first kappa shape index (κ1) is 10.8. The molecule has 0 bridgehead atoms. The quantitative estimate of drug-likeness (QED) is 0.575. The Kier molecular flexibility index (Phi) is 3.29. The van der Waals surface area contributed by atoms with Gasteiger partial charge in [0, 0.05) is 6.21 Å². The van der Waals surface area contributed by atoms with E-state index in [4.69, 9.17) is 0 Å². The summed E-state index contributed by atoms with van der Waals surface area (Å²) in [4.78, 5) is 3.62. The molecule has 0 fully saturated rings. The Bertz CT molecular complexity index is 425. The summed E-state index contributed by atoms with van der Waals surface area (Å²) in [7, 11) is -4.53. The SMILES string of the molecule is O=S(=O)(F)CC=Nc1ccc(F)cc1. The second-order valence-corrected chi connectivity index (χ2v) is 3.90. The van der Waals surface area contributed by atoms with E-state index in [1.807, 2.05) is 0 Å². The molecular weight excluding hydrogens is 212 g/mol. The van der Waals surface area contributed by atoms with Crippen LogP contribution >= 0.6 is 0 Å². The van der Waals surface area contributed by atoms with Gasteiger partial charge in [-0.2, -0.15) is 8.42 Å². The summed E-state index contributed by atoms with van der Waals surface area (Å²) < 4.78 is 44.5. The lowest BCUT2D eigenvalue weighted by molar-refractivity contribution is 0.557. The van der Waals surface area contributed by atoms with Crippen molar-refractivity contribution in [3.63, 3.8) is 0 Å². The monoisotopic (exact) mass is 219 g/mol. The van der Waals surface area contributed by atoms with Crippen molar-refractivity contribution >= 4 is 22.1 Å². The molecule has 0 radical (unpaired) electrons. The molecule has 14 heavy (non-hydrogen) atoms. The summed E-state index contributed by atoms with van der Waals surface area (Å²) in [6.45, 7) is 0. The van der Waals surface area contributed by atoms with Crippen molar-refractivity contribution in [3.05, 3.63) is 30.1 Å². The smallest absolute Gasteiger partial charge is 0.260 e. The first-order valence-corrected chi connectivity index (χ1v) is 5.23. The minimum Gasteiger partial charge on any atom is -0.260 e. The zero-order valence-electron chi connectivity index (χ0n) is 7.02. The molecule has 0 amide bonds. The van der Waals surface area contributed by atoms with Gasteiger partial charge in [0.25, 0.3) is 0 Å². The lowest BCUT2D eigenvalue weighted by Crippen LogP contribution is -1.98. The second kappa shape index (κ2) is 4.28. The van der Waals surface area contributed by atoms with E-state index in [9.17, 15) is 16.7 Å². The lowest BCUT2D eigenvalue weighted by atomic mass is 10.3. The Morgan fingerprint density at radius 3 is 2.36 bits per heavy atom. The third kappa shape index (κ3) is 4.08. The molecule has 0 saturated heterocycles. The van der Waals surface area contributed by atoms with Crippen LogP contribution < -0.4 is 0 Å². The molecule has 0 aliphatic rings. The van der Waals surface area contributed by atoms with Crippen molar-refractivity contribution in [1.82, 2.24) is 0 Å². The van der Waals surface area contributed by atoms with Crippen molar-refractivity contribution in [2.45, 2.75) is 0 Å². The van der Waals surface area contributed by atoms with Gasteiger partial charge in [0.2, 0.25) is 0 Å². The van der Waals surface area contributed by atoms with E-state index in [1.165, 1.54) is 24.3 Å². The normalized spacial score (nSPS) is 12.1. The van der Waals surface area contributed by atoms with Gasteiger partial charge in [-0.25, -0.2) is 4.39 Å². The molecule has 0 aliphatic carbocycles. The van der Waals surface area contributed by atoms with Gasteiger partial charge in [-0.1, -0.05) is 0 Å². The molecule has 0 spiro atoms. The summed E-state index contributed by atoms with van der Waals surface area (Å²) in [5.41, 5.74) is 0.370. The van der Waals surface area contributed by atoms with Gasteiger partial charge < -0.3 is 0 Å². The number of rotatable bonds is 3. The number of hydrogen-bond acceptors (Lipinski definition) is 3. The Morgan fingerprint density at radius 2 is 1.86 bits per heavy atom. The lowest BCUT2D eigenvalue weighted by Gasteiger charge is -1.91. The molecule has 0 atom stereocenters. The van der Waals surface area contributed by atoms with E-state index in [2.05, 4.69) is 4.99 Å². The molecule has 0 aliphatic heterocycles. The van der Waals surface area contributed by atoms with Crippen molar-refractivity contribution in [3.8, 4) is 0 Å². The maximum absolute atomic E-state index is 12.4. The van der Waals surface area contributed by atoms with Crippen LogP contribution in [0.4, 0.5) is 14.0 Å². The van der Waals surface area contributed by atoms with Crippen LogP contribution in [-0.4, -0.2) is 20.4 Å². The van der Waals surface area contributed by atoms with Crippen LogP contribution in [0.5, 0.6) is 0 Å². The summed E-state index contributed by atoms with van der Waals surface area (Å²) in [6.07, 6.45) is 0.919. The highest BCUT2D eigenvalue weighted by Crippen LogP contribution is 2.11. The molecule has 0 saturated carbocycles. The van der Waals surface area contributed by atoms with Gasteiger partial charge in [0.15, 0.2) is 0 Å². The standard InChI is InChI=1S/C8H7F2NO2S/c9-7-1-3-8(4-2-7)11-5-6-14(10,12)13/h1-5H,6H2. The number of halogens is 2. The fourth-order valence-electron chi connectivity index (χ4n) is 0.759. The minimum absolute atomic E-state index is 0.370. The Balaban J connectivity index is 2.65. The largest absolute Gasteiger partial charge is 0.307 e. The summed E-state index contributed by atoms with van der Waals surface area (Å²) >= 11 is 0. The van der Waals surface area contributed by atoms with Crippen LogP contribution in [0.15, 0.2) is 29.3 Å². The van der Waals surface area contributed by atoms with Gasteiger partial charge in [0.1, 0.15) is 11.6 Å². The van der Waals surface area contributed by atoms with Crippen molar-refractivity contribution < 1.29 is 16.7 Å². The van der Waals surface area contributed by atoms with Crippen LogP contribution in [0.25, 0.3) is 0 Å². The number of nitrogens with zero attached hydrogens (tertiary/aromatic N) is 1. The predicted octanol–water partition coefficient (Wildman–Crippen LogP) is 1.83. The topological polar surface area (TPSA) is 46.5 Å². The van der Waals surface area contributed by atoms with Crippen LogP contribution in [0, 0.1) is 5.82 Å². The maximum atomic E-state index is 12.4. The van der Waals surface area contributed by atoms with E-state index >= 15 is 0 Å². The van der Waals surface area contributed by atoms with E-state index in [-0.39, 0.29) is 0 Å². The minimum atomic E-state index is -4.53. The van der Waals surface area contributed by atoms with Crippen molar-refractivity contribution in [2.75, 3.05) is 5.75 Å². The van der Waals surface area contributed by atoms with Crippen LogP contribution in [0.3, 0.4) is 0 Å². The molecule has 76 valence electrons. The average Bonchev–Trinajstić information content (AvgIpc) is 2.06. The van der Waals surface area contributed by atoms with Gasteiger partial charge in [-0.3, -0.25) is 4.99 Å². The first-order valence-electron chi connectivity index (χ1n) is 3.68. The Morgan fingerprint density at radius 1 is 1.29 bits per heavy atom. The van der Waals surface area contributed by atoms with E-state index < -0.39 is 21.8 Å². The molecule has 0 N–H and O–H groups in total. The molecule has 3 nitrogen and oxygen atoms in total. The van der Waals surface area contributed by atoms with E-state index in [1.54, 1.807) is 0 Å². The molecule has 1 aromatic rings. The number of hydrogen-bond donors (Lipinski definition) is 0. The van der Waals surface area contributed by atoms with Gasteiger partial charge in [-0.05, 0) is 24.3 Å². The highest BCUT2D eigenvalue weighted by Gasteiger charge is 2.02. The zero-order valence-corrected chi connectivity index (χ0v) is 7.84. The van der Waals surface area contributed by atoms with Crippen LogP contribution in [0.1, 0.15) is 0 Å². The Labute approximate surface area is 80.3 Å². The number of benzene rings is 1. The zero-order chi connectivity index (χ0) is 10.6. The maximum Gasteiger partial charge on any atom is 0.307 e. The molecule has 1 rings (SSSR count). The molecule has 0 unspecified atom stereocenters. The van der Waals surface area contributed by atoms with Crippen LogP contribution in [0.2, 0.25) is 0 Å². The molecule has 0 heterocycles. The fourth-order valence-corrected chi connectivity index (χ4v) is 1.01. The summed E-state index contributed by atoms with van der Waals surface area (Å²) in [5.74, 6) is -1.19. The van der Waals surface area contributed by atoms with E-state index in [0.29, 0.717) is 5.69 Å². The molecule has 6 heteroatoms.